The van der Waals surface area contributed by atoms with Gasteiger partial charge < -0.3 is 15.2 Å². The summed E-state index contributed by atoms with van der Waals surface area (Å²) in [7, 11) is 0. The van der Waals surface area contributed by atoms with Crippen LogP contribution in [0.4, 0.5) is 13.2 Å². The van der Waals surface area contributed by atoms with E-state index in [2.05, 4.69) is 19.8 Å². The molecule has 32 heavy (non-hydrogen) atoms. The summed E-state index contributed by atoms with van der Waals surface area (Å²) in [6.07, 6.45) is 0.242. The average Bonchev–Trinajstić information content (AvgIpc) is 3.15. The molecule has 1 amide bonds. The molecule has 1 aromatic carbocycles. The number of para-hydroxylation sites is 1. The topological polar surface area (TPSA) is 128 Å². The van der Waals surface area contributed by atoms with E-state index in [1.54, 1.807) is 6.92 Å². The number of hydrogen-bond donors (Lipinski definition) is 2. The second kappa shape index (κ2) is 9.29. The maximum Gasteiger partial charge on any atom is 0.573 e. The molecule has 3 rings (SSSR count). The summed E-state index contributed by atoms with van der Waals surface area (Å²) in [5.74, 6) is -1.54. The minimum absolute atomic E-state index is 0.0164. The average molecular weight is 446 g/mol. The molecule has 0 unspecified atom stereocenters. The van der Waals surface area contributed by atoms with Gasteiger partial charge in [-0.2, -0.15) is 10.1 Å². The van der Waals surface area contributed by atoms with E-state index in [-0.39, 0.29) is 34.2 Å². The van der Waals surface area contributed by atoms with Gasteiger partial charge in [-0.25, -0.2) is 9.50 Å². The summed E-state index contributed by atoms with van der Waals surface area (Å²) >= 11 is 0. The van der Waals surface area contributed by atoms with Crippen molar-refractivity contribution in [3.05, 3.63) is 60.4 Å². The highest BCUT2D eigenvalue weighted by molar-refractivity contribution is 6.09. The molecule has 0 saturated heterocycles. The number of aliphatic imine (C=N–C) groups is 1. The molecule has 0 aliphatic carbocycles. The van der Waals surface area contributed by atoms with Gasteiger partial charge in [-0.05, 0) is 31.2 Å². The number of nitrogens with zero attached hydrogens (tertiary/aromatic N) is 4. The predicted octanol–water partition coefficient (Wildman–Crippen LogP) is 3.36. The van der Waals surface area contributed by atoms with Crippen molar-refractivity contribution >= 4 is 23.3 Å². The molecule has 3 aromatic rings. The number of hydrogen-bond acceptors (Lipinski definition) is 6. The van der Waals surface area contributed by atoms with Crippen LogP contribution in [0.2, 0.25) is 0 Å². The molecule has 0 aliphatic rings. The number of amides is 1. The van der Waals surface area contributed by atoms with Crippen LogP contribution in [0, 0.1) is 5.41 Å². The van der Waals surface area contributed by atoms with Gasteiger partial charge in [-0.15, -0.1) is 13.2 Å². The maximum atomic E-state index is 12.7. The lowest BCUT2D eigenvalue weighted by Gasteiger charge is -2.12. The first-order valence-corrected chi connectivity index (χ1v) is 9.15. The quantitative estimate of drug-likeness (QED) is 0.441. The van der Waals surface area contributed by atoms with Gasteiger partial charge in [0.1, 0.15) is 17.1 Å². The molecule has 3 N–H and O–H groups in total. The lowest BCUT2D eigenvalue weighted by molar-refractivity contribution is -0.274. The third kappa shape index (κ3) is 5.47. The van der Waals surface area contributed by atoms with Crippen LogP contribution >= 0.6 is 0 Å². The van der Waals surface area contributed by atoms with Crippen LogP contribution in [-0.2, 0) is 4.74 Å². The Morgan fingerprint density at radius 3 is 2.75 bits per heavy atom. The van der Waals surface area contributed by atoms with Crippen molar-refractivity contribution in [3.63, 3.8) is 0 Å². The van der Waals surface area contributed by atoms with Gasteiger partial charge in [-0.1, -0.05) is 12.1 Å². The zero-order valence-electron chi connectivity index (χ0n) is 16.6. The molecule has 0 saturated carbocycles. The molecule has 0 atom stereocenters. The molecule has 2 aromatic heterocycles. The Hall–Kier alpha value is -4.22. The molecule has 0 spiro atoms. The number of alkyl halides is 3. The number of ether oxygens (including phenoxy) is 2. The molecular weight excluding hydrogens is 429 g/mol. The Labute approximate surface area is 179 Å². The highest BCUT2D eigenvalue weighted by Crippen LogP contribution is 2.33. The van der Waals surface area contributed by atoms with Gasteiger partial charge in [0.05, 0.1) is 18.5 Å². The van der Waals surface area contributed by atoms with Crippen LogP contribution < -0.4 is 10.5 Å². The van der Waals surface area contributed by atoms with Crippen LogP contribution in [0.1, 0.15) is 17.3 Å². The summed E-state index contributed by atoms with van der Waals surface area (Å²) in [4.78, 5) is 20.5. The van der Waals surface area contributed by atoms with Crippen molar-refractivity contribution in [2.24, 2.45) is 10.7 Å². The Kier molecular flexibility index (Phi) is 6.52. The van der Waals surface area contributed by atoms with E-state index >= 15 is 0 Å². The standard InChI is InChI=1S/C20H17F3N6O3/c1-2-31-17(25)8-7-16(24)28-19(30)13-11-26-29-10-9-14(27-18(13)29)12-5-3-4-6-15(12)32-20(21,22)23/h3-11,25H,2H2,1H3,(H2,24,28,30)/b8-7-,25-17?. The number of rotatable bonds is 6. The molecule has 0 fully saturated rings. The second-order valence-corrected chi connectivity index (χ2v) is 6.16. The Morgan fingerprint density at radius 1 is 1.28 bits per heavy atom. The Balaban J connectivity index is 1.94. The van der Waals surface area contributed by atoms with E-state index in [0.29, 0.717) is 6.61 Å². The number of nitrogens with two attached hydrogens (primary N) is 1. The lowest BCUT2D eigenvalue weighted by Crippen LogP contribution is -2.17. The van der Waals surface area contributed by atoms with Crippen LogP contribution in [0.25, 0.3) is 16.9 Å². The van der Waals surface area contributed by atoms with Crippen LogP contribution in [0.3, 0.4) is 0 Å². The van der Waals surface area contributed by atoms with Gasteiger partial charge in [0, 0.05) is 17.8 Å². The van der Waals surface area contributed by atoms with E-state index in [0.717, 1.165) is 6.07 Å². The Bertz CT molecular complexity index is 1220. The zero-order chi connectivity index (χ0) is 23.3. The minimum atomic E-state index is -4.88. The van der Waals surface area contributed by atoms with Crippen molar-refractivity contribution in [2.45, 2.75) is 13.3 Å². The fourth-order valence-corrected chi connectivity index (χ4v) is 2.64. The van der Waals surface area contributed by atoms with Crippen molar-refractivity contribution < 1.29 is 27.4 Å². The summed E-state index contributed by atoms with van der Waals surface area (Å²) in [6.45, 7) is 2.01. The zero-order valence-corrected chi connectivity index (χ0v) is 16.6. The molecule has 0 radical (unpaired) electrons. The highest BCUT2D eigenvalue weighted by Gasteiger charge is 2.32. The molecule has 0 bridgehead atoms. The summed E-state index contributed by atoms with van der Waals surface area (Å²) in [5.41, 5.74) is 5.95. The number of nitrogens with one attached hydrogen (secondary N) is 1. The number of amidine groups is 1. The third-order valence-corrected chi connectivity index (χ3v) is 3.92. The smallest absolute Gasteiger partial charge is 0.478 e. The van der Waals surface area contributed by atoms with E-state index in [1.165, 1.54) is 53.3 Å². The SMILES string of the molecule is CCOC(=N)/C=C\C(N)=NC(=O)c1cnn2ccc(-c3ccccc3OC(F)(F)F)nc12. The van der Waals surface area contributed by atoms with Gasteiger partial charge in [0.25, 0.3) is 5.91 Å². The monoisotopic (exact) mass is 446 g/mol. The van der Waals surface area contributed by atoms with Crippen LogP contribution in [0.5, 0.6) is 5.75 Å². The summed E-state index contributed by atoms with van der Waals surface area (Å²) < 4.78 is 48.5. The molecule has 9 nitrogen and oxygen atoms in total. The summed E-state index contributed by atoms with van der Waals surface area (Å²) in [6, 6.07) is 6.93. The first kappa shape index (κ1) is 22.5. The number of halogens is 3. The number of fused-ring (bicyclic) bond motifs is 1. The van der Waals surface area contributed by atoms with E-state index in [1.807, 2.05) is 0 Å². The van der Waals surface area contributed by atoms with Crippen molar-refractivity contribution in [1.82, 2.24) is 14.6 Å². The highest BCUT2D eigenvalue weighted by atomic mass is 19.4. The minimum Gasteiger partial charge on any atom is -0.478 e. The van der Waals surface area contributed by atoms with Crippen LogP contribution in [0.15, 0.2) is 59.9 Å². The summed E-state index contributed by atoms with van der Waals surface area (Å²) in [5, 5.41) is 11.5. The van der Waals surface area contributed by atoms with Crippen LogP contribution in [-0.4, -0.2) is 45.2 Å². The predicted molar refractivity (Wildman–Crippen MR) is 110 cm³/mol. The first-order chi connectivity index (χ1) is 15.2. The fraction of sp³-hybridized carbons (Fsp3) is 0.150. The van der Waals surface area contributed by atoms with Crippen molar-refractivity contribution in [2.75, 3.05) is 6.61 Å². The number of benzene rings is 1. The second-order valence-electron chi connectivity index (χ2n) is 6.16. The molecule has 12 heteroatoms. The van der Waals surface area contributed by atoms with E-state index in [9.17, 15) is 18.0 Å². The first-order valence-electron chi connectivity index (χ1n) is 9.15. The largest absolute Gasteiger partial charge is 0.573 e. The number of aromatic nitrogens is 3. The van der Waals surface area contributed by atoms with Gasteiger partial charge >= 0.3 is 6.36 Å². The molecule has 0 aliphatic heterocycles. The normalized spacial score (nSPS) is 12.3. The fourth-order valence-electron chi connectivity index (χ4n) is 2.64. The Morgan fingerprint density at radius 2 is 2.03 bits per heavy atom. The van der Waals surface area contributed by atoms with E-state index < -0.39 is 18.0 Å². The number of carbonyl (C=O) groups excluding carboxylic acids is 1. The third-order valence-electron chi connectivity index (χ3n) is 3.92. The van der Waals surface area contributed by atoms with E-state index in [4.69, 9.17) is 15.9 Å². The van der Waals surface area contributed by atoms with Crippen molar-refractivity contribution in [3.8, 4) is 17.0 Å². The molecule has 166 valence electrons. The van der Waals surface area contributed by atoms with Gasteiger partial charge in [0.2, 0.25) is 5.90 Å². The van der Waals surface area contributed by atoms with Gasteiger partial charge in [-0.3, -0.25) is 10.2 Å². The van der Waals surface area contributed by atoms with Crippen molar-refractivity contribution in [1.29, 1.82) is 5.41 Å². The maximum absolute atomic E-state index is 12.7. The number of carbonyl (C=O) groups is 1. The van der Waals surface area contributed by atoms with Gasteiger partial charge in [0.15, 0.2) is 5.65 Å². The molecular formula is C20H17F3N6O3. The molecule has 2 heterocycles. The lowest BCUT2D eigenvalue weighted by atomic mass is 10.1.